The maximum Gasteiger partial charge on any atom is 0.240 e. The number of carbonyl (C=O) groups is 1. The Bertz CT molecular complexity index is 644. The van der Waals surface area contributed by atoms with Crippen molar-refractivity contribution in [3.8, 4) is 6.07 Å². The fourth-order valence-corrected chi connectivity index (χ4v) is 4.07. The van der Waals surface area contributed by atoms with Gasteiger partial charge in [0.05, 0.1) is 12.1 Å². The van der Waals surface area contributed by atoms with Crippen molar-refractivity contribution in [1.29, 1.82) is 5.26 Å². The predicted octanol–water partition coefficient (Wildman–Crippen LogP) is 1.67. The normalized spacial score (nSPS) is 21.7. The Morgan fingerprint density at radius 2 is 1.81 bits per heavy atom. The molecule has 0 bridgehead atoms. The Labute approximate surface area is 155 Å². The minimum Gasteiger partial charge on any atom is -0.338 e. The van der Waals surface area contributed by atoms with Crippen LogP contribution < -0.4 is 4.90 Å². The number of hydrogen-bond acceptors (Lipinski definition) is 6. The van der Waals surface area contributed by atoms with Gasteiger partial charge in [-0.15, -0.1) is 0 Å². The average molecular weight is 356 g/mol. The summed E-state index contributed by atoms with van der Waals surface area (Å²) < 4.78 is 0. The molecule has 1 saturated heterocycles. The van der Waals surface area contributed by atoms with Gasteiger partial charge in [0.1, 0.15) is 5.54 Å². The van der Waals surface area contributed by atoms with Crippen LogP contribution >= 0.6 is 0 Å². The van der Waals surface area contributed by atoms with E-state index in [1.165, 1.54) is 0 Å². The van der Waals surface area contributed by atoms with Gasteiger partial charge in [0, 0.05) is 45.6 Å². The van der Waals surface area contributed by atoms with Gasteiger partial charge in [0.25, 0.3) is 0 Å². The number of likely N-dealkylation sites (N-methyl/N-ethyl adjacent to an activating group) is 1. The molecule has 1 aromatic rings. The molecule has 1 aliphatic carbocycles. The second-order valence-corrected chi connectivity index (χ2v) is 7.35. The quantitative estimate of drug-likeness (QED) is 0.817. The van der Waals surface area contributed by atoms with Gasteiger partial charge in [-0.25, -0.2) is 9.97 Å². The van der Waals surface area contributed by atoms with E-state index in [2.05, 4.69) is 25.8 Å². The van der Waals surface area contributed by atoms with E-state index in [9.17, 15) is 10.1 Å². The number of aromatic nitrogens is 2. The summed E-state index contributed by atoms with van der Waals surface area (Å²) >= 11 is 0. The summed E-state index contributed by atoms with van der Waals surface area (Å²) in [4.78, 5) is 27.7. The molecule has 1 amide bonds. The molecular formula is C19H28N6O. The number of amides is 1. The van der Waals surface area contributed by atoms with Crippen LogP contribution in [0, 0.1) is 11.3 Å². The van der Waals surface area contributed by atoms with Gasteiger partial charge in [-0.05, 0) is 25.8 Å². The van der Waals surface area contributed by atoms with E-state index >= 15 is 0 Å². The number of hydrogen-bond donors (Lipinski definition) is 0. The molecule has 7 heteroatoms. The second-order valence-electron chi connectivity index (χ2n) is 7.35. The fourth-order valence-electron chi connectivity index (χ4n) is 4.07. The van der Waals surface area contributed by atoms with Crippen molar-refractivity contribution in [3.05, 3.63) is 18.5 Å². The molecule has 2 aliphatic rings. The average Bonchev–Trinajstić information content (AvgIpc) is 2.73. The summed E-state index contributed by atoms with van der Waals surface area (Å²) in [5, 5.41) is 9.74. The lowest BCUT2D eigenvalue weighted by Crippen LogP contribution is -2.58. The first kappa shape index (κ1) is 18.6. The summed E-state index contributed by atoms with van der Waals surface area (Å²) in [6.07, 6.45) is 8.28. The van der Waals surface area contributed by atoms with Crippen molar-refractivity contribution in [3.63, 3.8) is 0 Å². The van der Waals surface area contributed by atoms with Gasteiger partial charge < -0.3 is 9.80 Å². The summed E-state index contributed by atoms with van der Waals surface area (Å²) in [6.45, 7) is 5.14. The molecule has 140 valence electrons. The fraction of sp³-hybridized carbons (Fsp3) is 0.684. The first-order valence-corrected chi connectivity index (χ1v) is 9.52. The zero-order chi connectivity index (χ0) is 18.6. The first-order valence-electron chi connectivity index (χ1n) is 9.52. The minimum absolute atomic E-state index is 0.0536. The first-order chi connectivity index (χ1) is 12.6. The molecule has 1 aromatic heterocycles. The maximum atomic E-state index is 13.1. The van der Waals surface area contributed by atoms with E-state index in [4.69, 9.17) is 0 Å². The van der Waals surface area contributed by atoms with Gasteiger partial charge in [-0.3, -0.25) is 9.69 Å². The number of carbonyl (C=O) groups excluding carboxylic acids is 1. The third kappa shape index (κ3) is 3.65. The highest BCUT2D eigenvalue weighted by Gasteiger charge is 2.41. The molecule has 1 unspecified atom stereocenters. The molecule has 26 heavy (non-hydrogen) atoms. The molecule has 0 aromatic carbocycles. The number of nitrogens with zero attached hydrogens (tertiary/aromatic N) is 6. The zero-order valence-electron chi connectivity index (χ0n) is 15.8. The largest absolute Gasteiger partial charge is 0.338 e. The zero-order valence-corrected chi connectivity index (χ0v) is 15.8. The van der Waals surface area contributed by atoms with Crippen LogP contribution in [-0.4, -0.2) is 70.5 Å². The van der Waals surface area contributed by atoms with Crippen LogP contribution in [0.15, 0.2) is 18.5 Å². The number of anilines is 1. The van der Waals surface area contributed by atoms with E-state index < -0.39 is 5.54 Å². The minimum atomic E-state index is -0.622. The molecule has 3 rings (SSSR count). The van der Waals surface area contributed by atoms with E-state index in [1.54, 1.807) is 24.3 Å². The Morgan fingerprint density at radius 1 is 1.19 bits per heavy atom. The number of piperazine rings is 1. The topological polar surface area (TPSA) is 76.4 Å². The van der Waals surface area contributed by atoms with Crippen molar-refractivity contribution in [2.24, 2.45) is 0 Å². The molecule has 1 aliphatic heterocycles. The Balaban J connectivity index is 1.60. The van der Waals surface area contributed by atoms with Crippen LogP contribution in [0.3, 0.4) is 0 Å². The highest BCUT2D eigenvalue weighted by atomic mass is 16.2. The Morgan fingerprint density at radius 3 is 2.38 bits per heavy atom. The highest BCUT2D eigenvalue weighted by molar-refractivity contribution is 5.82. The van der Waals surface area contributed by atoms with E-state index in [1.807, 2.05) is 13.0 Å². The third-order valence-electron chi connectivity index (χ3n) is 5.92. The van der Waals surface area contributed by atoms with Gasteiger partial charge in [-0.2, -0.15) is 5.26 Å². The van der Waals surface area contributed by atoms with Crippen LogP contribution in [-0.2, 0) is 4.79 Å². The molecule has 7 nitrogen and oxygen atoms in total. The smallest absolute Gasteiger partial charge is 0.240 e. The predicted molar refractivity (Wildman–Crippen MR) is 99.5 cm³/mol. The molecule has 0 spiro atoms. The van der Waals surface area contributed by atoms with Crippen LogP contribution in [0.25, 0.3) is 0 Å². The highest BCUT2D eigenvalue weighted by Crippen LogP contribution is 2.33. The molecule has 0 N–H and O–H groups in total. The summed E-state index contributed by atoms with van der Waals surface area (Å²) in [7, 11) is 1.81. The SMILES string of the molecule is CC(C(=O)N(C)C1(C#N)CCCCC1)N1CCN(c2ncccn2)CC1. The summed E-state index contributed by atoms with van der Waals surface area (Å²) in [6, 6.07) is 4.04. The van der Waals surface area contributed by atoms with Crippen molar-refractivity contribution >= 4 is 11.9 Å². The van der Waals surface area contributed by atoms with Crippen LogP contribution in [0.4, 0.5) is 5.95 Å². The molecule has 2 heterocycles. The standard InChI is InChI=1S/C19H28N6O/c1-16(17(26)23(2)19(15-20)7-4-3-5-8-19)24-11-13-25(14-12-24)18-21-9-6-10-22-18/h6,9-10,16H,3-5,7-8,11-14H2,1-2H3. The number of rotatable bonds is 4. The van der Waals surface area contributed by atoms with Crippen molar-refractivity contribution < 1.29 is 4.79 Å². The lowest BCUT2D eigenvalue weighted by atomic mass is 9.81. The van der Waals surface area contributed by atoms with Crippen molar-refractivity contribution in [1.82, 2.24) is 19.8 Å². The summed E-state index contributed by atoms with van der Waals surface area (Å²) in [5.74, 6) is 0.798. The van der Waals surface area contributed by atoms with Gasteiger partial charge in [0.2, 0.25) is 11.9 Å². The van der Waals surface area contributed by atoms with E-state index in [-0.39, 0.29) is 11.9 Å². The molecule has 0 radical (unpaired) electrons. The van der Waals surface area contributed by atoms with Gasteiger partial charge in [-0.1, -0.05) is 19.3 Å². The molecule has 1 saturated carbocycles. The Hall–Kier alpha value is -2.20. The Kier molecular flexibility index (Phi) is 5.72. The third-order valence-corrected chi connectivity index (χ3v) is 5.92. The van der Waals surface area contributed by atoms with Gasteiger partial charge >= 0.3 is 0 Å². The molecule has 2 fully saturated rings. The van der Waals surface area contributed by atoms with Crippen molar-refractivity contribution in [2.45, 2.75) is 50.6 Å². The lowest BCUT2D eigenvalue weighted by Gasteiger charge is -2.43. The second kappa shape index (κ2) is 8.00. The van der Waals surface area contributed by atoms with Crippen LogP contribution in [0.5, 0.6) is 0 Å². The van der Waals surface area contributed by atoms with E-state index in [0.29, 0.717) is 0 Å². The van der Waals surface area contributed by atoms with E-state index in [0.717, 1.165) is 64.2 Å². The molecule has 1 atom stereocenters. The lowest BCUT2D eigenvalue weighted by molar-refractivity contribution is -0.140. The van der Waals surface area contributed by atoms with Crippen molar-refractivity contribution in [2.75, 3.05) is 38.1 Å². The van der Waals surface area contributed by atoms with Crippen LogP contribution in [0.1, 0.15) is 39.0 Å². The summed E-state index contributed by atoms with van der Waals surface area (Å²) in [5.41, 5.74) is -0.622. The maximum absolute atomic E-state index is 13.1. The van der Waals surface area contributed by atoms with Gasteiger partial charge in [0.15, 0.2) is 0 Å². The monoisotopic (exact) mass is 356 g/mol. The van der Waals surface area contributed by atoms with Crippen LogP contribution in [0.2, 0.25) is 0 Å². The molecular weight excluding hydrogens is 328 g/mol. The number of nitriles is 1.